The van der Waals surface area contributed by atoms with Gasteiger partial charge in [0.2, 0.25) is 10.0 Å². The van der Waals surface area contributed by atoms with Crippen molar-refractivity contribution in [3.05, 3.63) is 12.2 Å². The molecule has 2 N–H and O–H groups in total. The number of nitrogens with two attached hydrogens (primary N) is 1. The zero-order valence-electron chi connectivity index (χ0n) is 5.42. The first-order chi connectivity index (χ1) is 3.92. The molecule has 0 atom stereocenters. The van der Waals surface area contributed by atoms with Crippen LogP contribution in [0.2, 0.25) is 0 Å². The molecule has 0 heterocycles. The maximum Gasteiger partial charge on any atom is 0.209 e. The summed E-state index contributed by atoms with van der Waals surface area (Å²) >= 11 is 0. The van der Waals surface area contributed by atoms with Crippen molar-refractivity contribution in [2.24, 2.45) is 5.14 Å². The summed E-state index contributed by atoms with van der Waals surface area (Å²) in [6.07, 6.45) is 0.457. The van der Waals surface area contributed by atoms with E-state index < -0.39 is 10.0 Å². The van der Waals surface area contributed by atoms with Crippen LogP contribution in [0.3, 0.4) is 0 Å². The Hall–Kier alpha value is -0.350. The van der Waals surface area contributed by atoms with Gasteiger partial charge in [-0.1, -0.05) is 5.57 Å². The normalized spacial score (nSPS) is 11.3. The lowest BCUT2D eigenvalue weighted by atomic mass is 10.3. The molecule has 0 aliphatic carbocycles. The van der Waals surface area contributed by atoms with E-state index in [2.05, 4.69) is 6.58 Å². The molecule has 0 aromatic carbocycles. The van der Waals surface area contributed by atoms with Gasteiger partial charge in [-0.2, -0.15) is 0 Å². The number of sulfonamides is 1. The average molecular weight is 149 g/mol. The van der Waals surface area contributed by atoms with Crippen molar-refractivity contribution in [2.45, 2.75) is 13.3 Å². The number of allylic oxidation sites excluding steroid dienone is 1. The Kier molecular flexibility index (Phi) is 2.87. The van der Waals surface area contributed by atoms with Gasteiger partial charge in [-0.25, -0.2) is 13.6 Å². The van der Waals surface area contributed by atoms with Crippen LogP contribution in [0.5, 0.6) is 0 Å². The van der Waals surface area contributed by atoms with Crippen molar-refractivity contribution in [1.29, 1.82) is 0 Å². The van der Waals surface area contributed by atoms with E-state index in [1.807, 2.05) is 0 Å². The summed E-state index contributed by atoms with van der Waals surface area (Å²) < 4.78 is 20.5. The third-order valence-electron chi connectivity index (χ3n) is 0.813. The minimum Gasteiger partial charge on any atom is -0.229 e. The Labute approximate surface area is 55.6 Å². The highest BCUT2D eigenvalue weighted by Crippen LogP contribution is 1.95. The molecular weight excluding hydrogens is 138 g/mol. The second-order valence-corrected chi connectivity index (χ2v) is 3.81. The van der Waals surface area contributed by atoms with Gasteiger partial charge < -0.3 is 0 Å². The summed E-state index contributed by atoms with van der Waals surface area (Å²) in [5.74, 6) is 0.00231. The van der Waals surface area contributed by atoms with Gasteiger partial charge >= 0.3 is 0 Å². The molecule has 0 amide bonds. The lowest BCUT2D eigenvalue weighted by Gasteiger charge is -1.94. The maximum absolute atomic E-state index is 10.3. The fourth-order valence-corrected chi connectivity index (χ4v) is 0.949. The van der Waals surface area contributed by atoms with Crippen molar-refractivity contribution in [1.82, 2.24) is 0 Å². The summed E-state index contributed by atoms with van der Waals surface area (Å²) in [6, 6.07) is 0. The van der Waals surface area contributed by atoms with Crippen molar-refractivity contribution in [3.8, 4) is 0 Å². The molecule has 3 nitrogen and oxygen atoms in total. The molecule has 0 aromatic heterocycles. The van der Waals surface area contributed by atoms with Crippen LogP contribution >= 0.6 is 0 Å². The van der Waals surface area contributed by atoms with Crippen LogP contribution in [0.15, 0.2) is 12.2 Å². The van der Waals surface area contributed by atoms with Crippen molar-refractivity contribution >= 4 is 10.0 Å². The van der Waals surface area contributed by atoms with E-state index in [0.717, 1.165) is 5.57 Å². The lowest BCUT2D eigenvalue weighted by molar-refractivity contribution is 0.597. The van der Waals surface area contributed by atoms with E-state index in [1.165, 1.54) is 0 Å². The molecule has 0 rings (SSSR count). The Morgan fingerprint density at radius 1 is 1.67 bits per heavy atom. The topological polar surface area (TPSA) is 60.2 Å². The Morgan fingerprint density at radius 2 is 2.11 bits per heavy atom. The molecule has 4 heteroatoms. The molecule has 9 heavy (non-hydrogen) atoms. The molecule has 0 aliphatic rings. The van der Waals surface area contributed by atoms with Gasteiger partial charge in [0.25, 0.3) is 0 Å². The van der Waals surface area contributed by atoms with Gasteiger partial charge in [0, 0.05) is 0 Å². The van der Waals surface area contributed by atoms with Gasteiger partial charge in [-0.15, -0.1) is 6.58 Å². The van der Waals surface area contributed by atoms with Crippen molar-refractivity contribution < 1.29 is 8.42 Å². The fraction of sp³-hybridized carbons (Fsp3) is 0.600. The zero-order chi connectivity index (χ0) is 7.49. The van der Waals surface area contributed by atoms with Crippen molar-refractivity contribution in [2.75, 3.05) is 5.75 Å². The van der Waals surface area contributed by atoms with Gasteiger partial charge in [0.1, 0.15) is 0 Å². The maximum atomic E-state index is 10.3. The minimum atomic E-state index is -3.28. The van der Waals surface area contributed by atoms with Gasteiger partial charge in [0.15, 0.2) is 0 Å². The van der Waals surface area contributed by atoms with Crippen LogP contribution in [0, 0.1) is 0 Å². The predicted octanol–water partition coefficient (Wildman–Crippen LogP) is 0.241. The van der Waals surface area contributed by atoms with Crippen LogP contribution in [0.25, 0.3) is 0 Å². The zero-order valence-corrected chi connectivity index (χ0v) is 6.24. The van der Waals surface area contributed by atoms with E-state index in [1.54, 1.807) is 6.92 Å². The van der Waals surface area contributed by atoms with Crippen LogP contribution in [-0.4, -0.2) is 14.2 Å². The minimum absolute atomic E-state index is 0.00231. The highest BCUT2D eigenvalue weighted by molar-refractivity contribution is 7.89. The SMILES string of the molecule is C=C(C)CCS(N)(=O)=O. The average Bonchev–Trinajstić information content (AvgIpc) is 1.59. The molecule has 0 radical (unpaired) electrons. The Morgan fingerprint density at radius 3 is 2.22 bits per heavy atom. The number of hydrogen-bond acceptors (Lipinski definition) is 2. The lowest BCUT2D eigenvalue weighted by Crippen LogP contribution is -2.16. The van der Waals surface area contributed by atoms with E-state index in [4.69, 9.17) is 5.14 Å². The highest BCUT2D eigenvalue weighted by atomic mass is 32.2. The Balaban J connectivity index is 3.67. The first-order valence-corrected chi connectivity index (χ1v) is 4.28. The van der Waals surface area contributed by atoms with E-state index >= 15 is 0 Å². The van der Waals surface area contributed by atoms with Crippen molar-refractivity contribution in [3.63, 3.8) is 0 Å². The summed E-state index contributed by atoms with van der Waals surface area (Å²) in [5, 5.41) is 4.71. The standard InChI is InChI=1S/C5H11NO2S/c1-5(2)3-4-9(6,7)8/h1,3-4H2,2H3,(H2,6,7,8). The predicted molar refractivity (Wildman–Crippen MR) is 37.4 cm³/mol. The highest BCUT2D eigenvalue weighted by Gasteiger charge is 2.00. The molecule has 0 aliphatic heterocycles. The molecule has 0 unspecified atom stereocenters. The molecule has 0 saturated carbocycles. The monoisotopic (exact) mass is 149 g/mol. The number of rotatable bonds is 3. The van der Waals surface area contributed by atoms with Gasteiger partial charge in [-0.05, 0) is 13.3 Å². The fourth-order valence-electron chi connectivity index (χ4n) is 0.316. The third-order valence-corrected chi connectivity index (χ3v) is 1.59. The van der Waals surface area contributed by atoms with E-state index in [9.17, 15) is 8.42 Å². The van der Waals surface area contributed by atoms with Crippen LogP contribution in [-0.2, 0) is 10.0 Å². The number of hydrogen-bond donors (Lipinski definition) is 1. The molecule has 0 aromatic rings. The third kappa shape index (κ3) is 7.65. The quantitative estimate of drug-likeness (QED) is 0.584. The summed E-state index contributed by atoms with van der Waals surface area (Å²) in [6.45, 7) is 5.31. The molecule has 0 bridgehead atoms. The first-order valence-electron chi connectivity index (χ1n) is 2.56. The summed E-state index contributed by atoms with van der Waals surface area (Å²) in [4.78, 5) is 0. The first kappa shape index (κ1) is 8.65. The van der Waals surface area contributed by atoms with Crippen LogP contribution < -0.4 is 5.14 Å². The van der Waals surface area contributed by atoms with Gasteiger partial charge in [0.05, 0.1) is 5.75 Å². The Bertz CT molecular complexity index is 193. The largest absolute Gasteiger partial charge is 0.229 e. The summed E-state index contributed by atoms with van der Waals surface area (Å²) in [7, 11) is -3.28. The van der Waals surface area contributed by atoms with E-state index in [0.29, 0.717) is 6.42 Å². The molecular formula is C5H11NO2S. The van der Waals surface area contributed by atoms with Gasteiger partial charge in [-0.3, -0.25) is 0 Å². The molecule has 0 saturated heterocycles. The molecule has 54 valence electrons. The smallest absolute Gasteiger partial charge is 0.209 e. The summed E-state index contributed by atoms with van der Waals surface area (Å²) in [5.41, 5.74) is 0.837. The van der Waals surface area contributed by atoms with E-state index in [-0.39, 0.29) is 5.75 Å². The van der Waals surface area contributed by atoms with Crippen LogP contribution in [0.4, 0.5) is 0 Å². The molecule has 0 spiro atoms. The molecule has 0 fully saturated rings. The van der Waals surface area contributed by atoms with Crippen LogP contribution in [0.1, 0.15) is 13.3 Å². The number of primary sulfonamides is 1. The second kappa shape index (κ2) is 2.98. The second-order valence-electron chi connectivity index (χ2n) is 2.07.